The molecule has 198 valence electrons. The van der Waals surface area contributed by atoms with E-state index in [4.69, 9.17) is 4.84 Å². The zero-order valence-corrected chi connectivity index (χ0v) is 20.6. The highest BCUT2D eigenvalue weighted by atomic mass is 16.7. The van der Waals surface area contributed by atoms with Gasteiger partial charge in [0.2, 0.25) is 5.91 Å². The van der Waals surface area contributed by atoms with Crippen molar-refractivity contribution in [2.45, 2.75) is 40.0 Å². The maximum atomic E-state index is 13.6. The zero-order chi connectivity index (χ0) is 28.0. The summed E-state index contributed by atoms with van der Waals surface area (Å²) in [6.45, 7) is 5.64. The van der Waals surface area contributed by atoms with Gasteiger partial charge in [-0.2, -0.15) is 0 Å². The summed E-state index contributed by atoms with van der Waals surface area (Å²) < 4.78 is 0. The number of hydrogen-bond donors (Lipinski definition) is 1. The molecule has 2 unspecified atom stereocenters. The quantitative estimate of drug-likeness (QED) is 0.300. The average Bonchev–Trinajstić information content (AvgIpc) is 3.17. The highest BCUT2D eigenvalue weighted by Gasteiger charge is 2.71. The predicted molar refractivity (Wildman–Crippen MR) is 132 cm³/mol. The van der Waals surface area contributed by atoms with Crippen LogP contribution in [-0.2, 0) is 9.63 Å². The molecule has 0 saturated heterocycles. The van der Waals surface area contributed by atoms with E-state index in [9.17, 15) is 39.9 Å². The third-order valence-corrected chi connectivity index (χ3v) is 8.32. The van der Waals surface area contributed by atoms with Crippen molar-refractivity contribution in [3.05, 3.63) is 78.4 Å². The van der Waals surface area contributed by atoms with Crippen molar-refractivity contribution in [3.8, 4) is 0 Å². The first kappa shape index (κ1) is 26.3. The third kappa shape index (κ3) is 3.93. The van der Waals surface area contributed by atoms with E-state index in [-0.39, 0.29) is 17.8 Å². The highest BCUT2D eigenvalue weighted by molar-refractivity contribution is 6.07. The molecule has 1 amide bonds. The van der Waals surface area contributed by atoms with Crippen molar-refractivity contribution in [1.82, 2.24) is 0 Å². The van der Waals surface area contributed by atoms with E-state index < -0.39 is 59.8 Å². The van der Waals surface area contributed by atoms with Crippen molar-refractivity contribution in [3.63, 3.8) is 0 Å². The smallest absolute Gasteiger partial charge is 0.320 e. The van der Waals surface area contributed by atoms with E-state index in [2.05, 4.69) is 10.5 Å². The summed E-state index contributed by atoms with van der Waals surface area (Å²) in [7, 11) is 0. The van der Waals surface area contributed by atoms with E-state index in [1.807, 2.05) is 20.8 Å². The van der Waals surface area contributed by atoms with Crippen molar-refractivity contribution < 1.29 is 29.2 Å². The van der Waals surface area contributed by atoms with Crippen molar-refractivity contribution in [2.75, 3.05) is 5.32 Å². The molecule has 0 heterocycles. The van der Waals surface area contributed by atoms with E-state index in [1.54, 1.807) is 6.07 Å². The van der Waals surface area contributed by atoms with Crippen LogP contribution in [0.2, 0.25) is 0 Å². The van der Waals surface area contributed by atoms with Gasteiger partial charge in [-0.15, -0.1) is 0 Å². The van der Waals surface area contributed by atoms with E-state index in [0.29, 0.717) is 18.6 Å². The fourth-order valence-electron chi connectivity index (χ4n) is 5.58. The molecular formula is C24H23N5O9. The van der Waals surface area contributed by atoms with Crippen LogP contribution in [0.1, 0.15) is 50.4 Å². The number of para-hydroxylation sites is 2. The predicted octanol–water partition coefficient (Wildman–Crippen LogP) is 4.78. The number of anilines is 1. The molecule has 2 bridgehead atoms. The van der Waals surface area contributed by atoms with Crippen molar-refractivity contribution in [2.24, 2.45) is 21.4 Å². The number of fused-ring (bicyclic) bond motifs is 2. The Balaban J connectivity index is 1.63. The molecule has 0 radical (unpaired) electrons. The molecule has 14 heteroatoms. The Bertz CT molecular complexity index is 1400. The normalized spacial score (nSPS) is 24.1. The second-order valence-corrected chi connectivity index (χ2v) is 10.1. The van der Waals surface area contributed by atoms with Gasteiger partial charge in [0, 0.05) is 30.0 Å². The molecule has 2 aromatic rings. The Hall–Kier alpha value is -4.75. The van der Waals surface area contributed by atoms with Gasteiger partial charge < -0.3 is 10.2 Å². The molecule has 2 aliphatic carbocycles. The van der Waals surface area contributed by atoms with E-state index in [1.165, 1.54) is 18.2 Å². The number of nitrogens with one attached hydrogen (secondary N) is 1. The maximum Gasteiger partial charge on any atom is 0.366 e. The number of nitrogens with zero attached hydrogens (tertiary/aromatic N) is 4. The lowest BCUT2D eigenvalue weighted by Crippen LogP contribution is -2.43. The number of hydrogen-bond acceptors (Lipinski definition) is 10. The highest BCUT2D eigenvalue weighted by Crippen LogP contribution is 2.71. The van der Waals surface area contributed by atoms with Gasteiger partial charge in [0.25, 0.3) is 17.1 Å². The number of amides is 1. The lowest BCUT2D eigenvalue weighted by atomic mass is 9.64. The number of oxime groups is 1. The van der Waals surface area contributed by atoms with Crippen LogP contribution in [-0.4, -0.2) is 32.4 Å². The molecule has 4 rings (SSSR count). The van der Waals surface area contributed by atoms with Crippen LogP contribution in [0, 0.1) is 46.6 Å². The summed E-state index contributed by atoms with van der Waals surface area (Å²) in [6, 6.07) is 8.22. The molecule has 0 aliphatic heterocycles. The van der Waals surface area contributed by atoms with Gasteiger partial charge in [-0.1, -0.05) is 38.1 Å². The molecule has 1 N–H and O–H groups in total. The first-order chi connectivity index (χ1) is 17.7. The minimum atomic E-state index is -1.13. The standard InChI is InChI=1S/C24H23N5O9/c1-22(2)23(3)8-9-24(22,21(31)25-17-6-4-5-7-18(17)29(36)37)13-19(23)26-38-20(30)14-10-15(27(32)33)12-16(11-14)28(34)35/h4-7,10-12H,8-9,13H2,1-3H3,(H,25,31). The van der Waals surface area contributed by atoms with Crippen LogP contribution in [0.5, 0.6) is 0 Å². The fourth-order valence-corrected chi connectivity index (χ4v) is 5.58. The Kier molecular flexibility index (Phi) is 6.21. The van der Waals surface area contributed by atoms with Gasteiger partial charge in [0.1, 0.15) is 5.69 Å². The first-order valence-corrected chi connectivity index (χ1v) is 11.5. The summed E-state index contributed by atoms with van der Waals surface area (Å²) in [5.74, 6) is -1.56. The number of rotatable bonds is 7. The largest absolute Gasteiger partial charge is 0.366 e. The number of carbonyl (C=O) groups is 2. The van der Waals surface area contributed by atoms with Gasteiger partial charge in [-0.3, -0.25) is 35.1 Å². The lowest BCUT2D eigenvalue weighted by molar-refractivity contribution is -0.394. The number of carbonyl (C=O) groups excluding carboxylic acids is 2. The maximum absolute atomic E-state index is 13.6. The Morgan fingerprint density at radius 2 is 1.53 bits per heavy atom. The second kappa shape index (κ2) is 8.97. The van der Waals surface area contributed by atoms with Gasteiger partial charge in [-0.05, 0) is 24.3 Å². The second-order valence-electron chi connectivity index (χ2n) is 10.1. The zero-order valence-electron chi connectivity index (χ0n) is 20.6. The van der Waals surface area contributed by atoms with Crippen LogP contribution in [0.3, 0.4) is 0 Å². The summed E-state index contributed by atoms with van der Waals surface area (Å²) >= 11 is 0. The Morgan fingerprint density at radius 3 is 2.11 bits per heavy atom. The molecule has 38 heavy (non-hydrogen) atoms. The number of benzene rings is 2. The molecule has 2 atom stereocenters. The first-order valence-electron chi connectivity index (χ1n) is 11.5. The number of nitro benzene ring substituents is 3. The molecule has 14 nitrogen and oxygen atoms in total. The Morgan fingerprint density at radius 1 is 0.921 bits per heavy atom. The van der Waals surface area contributed by atoms with Crippen LogP contribution in [0.4, 0.5) is 22.7 Å². The van der Waals surface area contributed by atoms with Gasteiger partial charge in [-0.25, -0.2) is 4.79 Å². The van der Waals surface area contributed by atoms with Gasteiger partial charge in [0.15, 0.2) is 0 Å². The van der Waals surface area contributed by atoms with Gasteiger partial charge in [0.05, 0.1) is 37.5 Å². The third-order valence-electron chi connectivity index (χ3n) is 8.32. The van der Waals surface area contributed by atoms with Crippen LogP contribution >= 0.6 is 0 Å². The minimum Gasteiger partial charge on any atom is -0.320 e. The molecule has 2 fully saturated rings. The van der Waals surface area contributed by atoms with Crippen LogP contribution < -0.4 is 5.32 Å². The molecular weight excluding hydrogens is 502 g/mol. The summed E-state index contributed by atoms with van der Waals surface area (Å²) in [6.07, 6.45) is 1.08. The minimum absolute atomic E-state index is 0.0605. The Labute approximate surface area is 215 Å². The summed E-state index contributed by atoms with van der Waals surface area (Å²) in [5.41, 5.74) is -3.90. The average molecular weight is 525 g/mol. The van der Waals surface area contributed by atoms with E-state index >= 15 is 0 Å². The monoisotopic (exact) mass is 525 g/mol. The summed E-state index contributed by atoms with van der Waals surface area (Å²) in [4.78, 5) is 62.7. The number of non-ortho nitro benzene ring substituents is 2. The molecule has 2 saturated carbocycles. The summed E-state index contributed by atoms with van der Waals surface area (Å²) in [5, 5.41) is 40.4. The van der Waals surface area contributed by atoms with E-state index in [0.717, 1.165) is 18.2 Å². The van der Waals surface area contributed by atoms with Crippen LogP contribution in [0.15, 0.2) is 47.6 Å². The van der Waals surface area contributed by atoms with Crippen molar-refractivity contribution in [1.29, 1.82) is 0 Å². The fraction of sp³-hybridized carbons (Fsp3) is 0.375. The molecule has 2 aliphatic rings. The molecule has 0 spiro atoms. The SMILES string of the molecule is CC12CCC(C(=O)Nc3ccccc3[N+](=O)[O-])(CC1=NOC(=O)c1cc([N+](=O)[O-])cc([N+](=O)[O-])c1)C2(C)C. The molecule has 2 aromatic carbocycles. The van der Waals surface area contributed by atoms with Crippen molar-refractivity contribution >= 4 is 40.3 Å². The lowest BCUT2D eigenvalue weighted by Gasteiger charge is -2.39. The topological polar surface area (TPSA) is 197 Å². The van der Waals surface area contributed by atoms with Crippen LogP contribution in [0.25, 0.3) is 0 Å². The molecule has 0 aromatic heterocycles. The van der Waals surface area contributed by atoms with Gasteiger partial charge >= 0.3 is 5.97 Å². The number of nitro groups is 3.